The molecule has 1 amide bonds. The third-order valence-electron chi connectivity index (χ3n) is 5.80. The molecule has 1 aromatic rings. The Morgan fingerprint density at radius 3 is 2.97 bits per heavy atom. The van der Waals surface area contributed by atoms with Crippen molar-refractivity contribution in [1.29, 1.82) is 0 Å². The van der Waals surface area contributed by atoms with Crippen LogP contribution >= 0.6 is 15.9 Å². The SMILES string of the molecule is COc1ccc(CN[N+]23C=CN=CC2=C(C2CCCN(C(=O)[O-])C2)N=C3Br)c(OC)c1. The molecule has 3 heterocycles. The zero-order valence-corrected chi connectivity index (χ0v) is 19.0. The molecule has 3 aliphatic heterocycles. The fraction of sp³-hybridized carbons (Fsp3) is 0.381. The second-order valence-corrected chi connectivity index (χ2v) is 8.22. The number of benzene rings is 1. The first-order valence-corrected chi connectivity index (χ1v) is 10.8. The van der Waals surface area contributed by atoms with E-state index >= 15 is 0 Å². The van der Waals surface area contributed by atoms with Crippen LogP contribution in [0.1, 0.15) is 18.4 Å². The number of aliphatic imine (C=N–C) groups is 2. The number of carboxylic acid groups (broad SMARTS) is 1. The summed E-state index contributed by atoms with van der Waals surface area (Å²) < 4.78 is 11.6. The molecular weight excluding hydrogens is 466 g/mol. The number of rotatable bonds is 6. The Bertz CT molecular complexity index is 1010. The molecule has 0 bridgehead atoms. The maximum absolute atomic E-state index is 11.4. The van der Waals surface area contributed by atoms with Gasteiger partial charge in [-0.25, -0.2) is 0 Å². The minimum atomic E-state index is -1.14. The van der Waals surface area contributed by atoms with Gasteiger partial charge in [0.05, 0.1) is 33.2 Å². The molecule has 1 aromatic carbocycles. The van der Waals surface area contributed by atoms with Gasteiger partial charge < -0.3 is 24.3 Å². The van der Waals surface area contributed by atoms with Crippen LogP contribution in [0.2, 0.25) is 0 Å². The molecule has 0 aromatic heterocycles. The second kappa shape index (κ2) is 8.81. The van der Waals surface area contributed by atoms with Crippen molar-refractivity contribution >= 4 is 33.0 Å². The van der Waals surface area contributed by atoms with Gasteiger partial charge in [0.1, 0.15) is 29.5 Å². The normalized spacial score (nSPS) is 24.8. The first kappa shape index (κ1) is 21.5. The van der Waals surface area contributed by atoms with Gasteiger partial charge in [0.15, 0.2) is 0 Å². The Morgan fingerprint density at radius 1 is 1.39 bits per heavy atom. The van der Waals surface area contributed by atoms with Crippen molar-refractivity contribution in [2.24, 2.45) is 15.9 Å². The molecule has 2 atom stereocenters. The third-order valence-corrected chi connectivity index (χ3v) is 6.54. The maximum Gasteiger partial charge on any atom is 0.301 e. The summed E-state index contributed by atoms with van der Waals surface area (Å²) in [5, 5.41) is 11.4. The van der Waals surface area contributed by atoms with E-state index in [4.69, 9.17) is 14.5 Å². The van der Waals surface area contributed by atoms with Crippen molar-refractivity contribution in [3.8, 4) is 11.5 Å². The molecule has 2 unspecified atom stereocenters. The Balaban J connectivity index is 1.62. The molecule has 0 radical (unpaired) electrons. The molecule has 164 valence electrons. The zero-order chi connectivity index (χ0) is 22.0. The standard InChI is InChI=1S/C21H24BrN5O4/c1-30-16-6-5-14(18(10-16)31-2)11-24-27-9-7-23-12-17(27)19(25-20(27)22)15-4-3-8-26(13-15)21(28)29/h5-7,9-10,12,15,24H,3-4,8,11,13H2,1-2H3. The van der Waals surface area contributed by atoms with E-state index in [-0.39, 0.29) is 10.5 Å². The van der Waals surface area contributed by atoms with E-state index in [0.29, 0.717) is 24.4 Å². The Morgan fingerprint density at radius 2 is 2.23 bits per heavy atom. The van der Waals surface area contributed by atoms with Gasteiger partial charge in [0.2, 0.25) is 5.70 Å². The lowest BCUT2D eigenvalue weighted by Crippen LogP contribution is -2.54. The lowest BCUT2D eigenvalue weighted by molar-refractivity contribution is -0.787. The number of hydrogen-bond donors (Lipinski definition) is 1. The number of hydrogen-bond acceptors (Lipinski definition) is 7. The van der Waals surface area contributed by atoms with E-state index in [2.05, 4.69) is 26.3 Å². The molecule has 3 aliphatic rings. The summed E-state index contributed by atoms with van der Waals surface area (Å²) in [6.45, 7) is 1.35. The number of amides is 1. The van der Waals surface area contributed by atoms with Gasteiger partial charge in [-0.3, -0.25) is 4.99 Å². The first-order chi connectivity index (χ1) is 15.0. The van der Waals surface area contributed by atoms with Crippen LogP contribution in [0.4, 0.5) is 4.79 Å². The molecule has 1 N–H and O–H groups in total. The van der Waals surface area contributed by atoms with Gasteiger partial charge in [0.25, 0.3) is 0 Å². The van der Waals surface area contributed by atoms with Crippen molar-refractivity contribution in [3.05, 3.63) is 47.6 Å². The van der Waals surface area contributed by atoms with Crippen LogP contribution in [0, 0.1) is 5.92 Å². The van der Waals surface area contributed by atoms with Gasteiger partial charge >= 0.3 is 4.74 Å². The predicted molar refractivity (Wildman–Crippen MR) is 117 cm³/mol. The molecular formula is C21H24BrN5O4. The molecule has 0 spiro atoms. The van der Waals surface area contributed by atoms with Gasteiger partial charge in [0, 0.05) is 46.6 Å². The lowest BCUT2D eigenvalue weighted by Gasteiger charge is -2.35. The monoisotopic (exact) mass is 489 g/mol. The maximum atomic E-state index is 11.4. The summed E-state index contributed by atoms with van der Waals surface area (Å²) in [4.78, 5) is 21.8. The second-order valence-electron chi connectivity index (χ2n) is 7.51. The van der Waals surface area contributed by atoms with E-state index in [1.165, 1.54) is 4.90 Å². The van der Waals surface area contributed by atoms with Gasteiger partial charge in [-0.2, -0.15) is 4.99 Å². The number of nitrogens with one attached hydrogen (secondary N) is 1. The van der Waals surface area contributed by atoms with Crippen LogP contribution in [0.3, 0.4) is 0 Å². The number of allylic oxidation sites excluding steroid dienone is 1. The minimum absolute atomic E-state index is 0.0236. The molecule has 1 fully saturated rings. The van der Waals surface area contributed by atoms with E-state index in [0.717, 1.165) is 41.3 Å². The summed E-state index contributed by atoms with van der Waals surface area (Å²) in [6, 6.07) is 5.68. The Hall–Kier alpha value is -2.69. The number of amidine groups is 1. The van der Waals surface area contributed by atoms with Crippen LogP contribution < -0.4 is 20.0 Å². The predicted octanol–water partition coefficient (Wildman–Crippen LogP) is 2.11. The van der Waals surface area contributed by atoms with Crippen LogP contribution in [0.15, 0.2) is 52.0 Å². The molecule has 9 nitrogen and oxygen atoms in total. The number of fused-ring (bicyclic) bond motifs is 1. The average molecular weight is 490 g/mol. The summed E-state index contributed by atoms with van der Waals surface area (Å²) >= 11 is 3.63. The molecule has 0 aliphatic carbocycles. The van der Waals surface area contributed by atoms with Crippen molar-refractivity contribution in [2.75, 3.05) is 27.3 Å². The Labute approximate surface area is 189 Å². The fourth-order valence-electron chi connectivity index (χ4n) is 4.14. The molecule has 0 saturated carbocycles. The quantitative estimate of drug-likeness (QED) is 0.487. The lowest BCUT2D eigenvalue weighted by atomic mass is 9.94. The van der Waals surface area contributed by atoms with Gasteiger partial charge in [-0.05, 0) is 18.9 Å². The zero-order valence-electron chi connectivity index (χ0n) is 17.4. The third kappa shape index (κ3) is 3.98. The molecule has 10 heteroatoms. The number of likely N-dealkylation sites (tertiary alicyclic amines) is 1. The average Bonchev–Trinajstić information content (AvgIpc) is 3.10. The summed E-state index contributed by atoms with van der Waals surface area (Å²) in [6.07, 6.45) is 5.89. The van der Waals surface area contributed by atoms with E-state index in [1.54, 1.807) is 26.6 Å². The summed E-state index contributed by atoms with van der Waals surface area (Å²) in [5.74, 6) is 1.42. The highest BCUT2D eigenvalue weighted by molar-refractivity contribution is 9.18. The van der Waals surface area contributed by atoms with E-state index in [1.807, 2.05) is 24.4 Å². The van der Waals surface area contributed by atoms with Gasteiger partial charge in [-0.1, -0.05) is 6.07 Å². The summed E-state index contributed by atoms with van der Waals surface area (Å²) in [7, 11) is 3.24. The fourth-order valence-corrected chi connectivity index (χ4v) is 4.77. The molecule has 4 rings (SSSR count). The number of methoxy groups -OCH3 is 2. The largest absolute Gasteiger partial charge is 0.530 e. The van der Waals surface area contributed by atoms with Crippen molar-refractivity contribution in [3.63, 3.8) is 0 Å². The first-order valence-electron chi connectivity index (χ1n) is 9.99. The van der Waals surface area contributed by atoms with Crippen molar-refractivity contribution < 1.29 is 24.0 Å². The topological polar surface area (TPSA) is 98.6 Å². The van der Waals surface area contributed by atoms with Crippen LogP contribution in [0.25, 0.3) is 0 Å². The highest BCUT2D eigenvalue weighted by Gasteiger charge is 2.47. The number of quaternary nitrogens is 1. The van der Waals surface area contributed by atoms with Gasteiger partial charge in [-0.15, -0.1) is 10.0 Å². The van der Waals surface area contributed by atoms with E-state index in [9.17, 15) is 9.90 Å². The van der Waals surface area contributed by atoms with Crippen LogP contribution in [0.5, 0.6) is 11.5 Å². The highest BCUT2D eigenvalue weighted by Crippen LogP contribution is 2.38. The highest BCUT2D eigenvalue weighted by atomic mass is 79.9. The summed E-state index contributed by atoms with van der Waals surface area (Å²) in [5.41, 5.74) is 6.20. The van der Waals surface area contributed by atoms with Crippen molar-refractivity contribution in [1.82, 2.24) is 10.3 Å². The van der Waals surface area contributed by atoms with Crippen LogP contribution in [-0.2, 0) is 6.54 Å². The number of carbonyl (C=O) groups is 1. The smallest absolute Gasteiger partial charge is 0.301 e. The molecule has 31 heavy (non-hydrogen) atoms. The number of halogens is 1. The van der Waals surface area contributed by atoms with Crippen LogP contribution in [-0.4, -0.2) is 53.9 Å². The number of nitrogens with zero attached hydrogens (tertiary/aromatic N) is 4. The number of carbonyl (C=O) groups excluding carboxylic acids is 1. The van der Waals surface area contributed by atoms with Crippen molar-refractivity contribution in [2.45, 2.75) is 19.4 Å². The van der Waals surface area contributed by atoms with E-state index < -0.39 is 6.09 Å². The Kier molecular flexibility index (Phi) is 6.12. The number of piperidine rings is 1. The number of ether oxygens (including phenoxy) is 2. The minimum Gasteiger partial charge on any atom is -0.530 e. The molecule has 1 saturated heterocycles.